The van der Waals surface area contributed by atoms with Crippen molar-refractivity contribution in [3.8, 4) is 0 Å². The fraction of sp³-hybridized carbons (Fsp3) is 0.357. The predicted molar refractivity (Wildman–Crippen MR) is 80.2 cm³/mol. The van der Waals surface area contributed by atoms with E-state index in [4.69, 9.17) is 0 Å². The molecule has 1 heterocycles. The Morgan fingerprint density at radius 2 is 2.13 bits per heavy atom. The second-order valence-electron chi connectivity index (χ2n) is 5.41. The third-order valence-electron chi connectivity index (χ3n) is 3.81. The molecule has 2 N–H and O–H groups in total. The first-order valence-electron chi connectivity index (χ1n) is 7.15. The molecule has 1 aliphatic carbocycles. The molecule has 1 aromatic heterocycles. The van der Waals surface area contributed by atoms with Crippen LogP contribution < -0.4 is 4.72 Å². The van der Waals surface area contributed by atoms with Gasteiger partial charge in [-0.1, -0.05) is 6.07 Å². The van der Waals surface area contributed by atoms with Crippen LogP contribution in [-0.2, 0) is 34.2 Å². The number of carboxylic acid groups (broad SMARTS) is 1. The van der Waals surface area contributed by atoms with Crippen LogP contribution in [0.1, 0.15) is 17.5 Å². The number of hydrogen-bond donors (Lipinski definition) is 2. The number of rotatable bonds is 6. The van der Waals surface area contributed by atoms with Crippen LogP contribution >= 0.6 is 0 Å². The van der Waals surface area contributed by atoms with Gasteiger partial charge in [-0.05, 0) is 42.5 Å². The number of benzene rings is 1. The molecule has 3 rings (SSSR count). The van der Waals surface area contributed by atoms with Gasteiger partial charge in [0.05, 0.1) is 11.4 Å². The highest BCUT2D eigenvalue weighted by atomic mass is 32.2. The molecule has 1 atom stereocenters. The lowest BCUT2D eigenvalue weighted by molar-refractivity contribution is -0.139. The molecule has 23 heavy (non-hydrogen) atoms. The highest BCUT2D eigenvalue weighted by Gasteiger charge is 2.27. The van der Waals surface area contributed by atoms with Crippen molar-refractivity contribution in [2.24, 2.45) is 0 Å². The monoisotopic (exact) mass is 336 g/mol. The molecule has 122 valence electrons. The van der Waals surface area contributed by atoms with Crippen molar-refractivity contribution in [2.75, 3.05) is 0 Å². The molecule has 0 saturated heterocycles. The van der Waals surface area contributed by atoms with E-state index in [2.05, 4.69) is 14.8 Å². The van der Waals surface area contributed by atoms with E-state index in [0.29, 0.717) is 0 Å². The van der Waals surface area contributed by atoms with Crippen molar-refractivity contribution in [1.82, 2.24) is 19.5 Å². The number of aliphatic carboxylic acids is 1. The zero-order chi connectivity index (χ0) is 16.4. The number of aromatic nitrogens is 3. The summed E-state index contributed by atoms with van der Waals surface area (Å²) in [6, 6.07) is 3.61. The second-order valence-corrected chi connectivity index (χ2v) is 7.13. The normalized spacial score (nSPS) is 15.3. The predicted octanol–water partition coefficient (Wildman–Crippen LogP) is 0.198. The Hall–Kier alpha value is -2.26. The van der Waals surface area contributed by atoms with E-state index in [0.717, 1.165) is 30.4 Å². The summed E-state index contributed by atoms with van der Waals surface area (Å²) in [5.41, 5.74) is 2.16. The number of nitrogens with zero attached hydrogens (tertiary/aromatic N) is 3. The van der Waals surface area contributed by atoms with Gasteiger partial charge in [0.1, 0.15) is 18.7 Å². The van der Waals surface area contributed by atoms with Gasteiger partial charge in [0, 0.05) is 0 Å². The molecule has 1 unspecified atom stereocenters. The van der Waals surface area contributed by atoms with E-state index in [9.17, 15) is 18.3 Å². The fourth-order valence-corrected chi connectivity index (χ4v) is 3.88. The fourth-order valence-electron chi connectivity index (χ4n) is 2.65. The Morgan fingerprint density at radius 1 is 1.35 bits per heavy atom. The van der Waals surface area contributed by atoms with Gasteiger partial charge in [-0.2, -0.15) is 9.82 Å². The third kappa shape index (κ3) is 3.40. The van der Waals surface area contributed by atoms with Gasteiger partial charge in [0.2, 0.25) is 10.0 Å². The topological polar surface area (TPSA) is 114 Å². The van der Waals surface area contributed by atoms with Gasteiger partial charge in [0.25, 0.3) is 0 Å². The zero-order valence-corrected chi connectivity index (χ0v) is 13.0. The molecule has 1 aliphatic rings. The van der Waals surface area contributed by atoms with Gasteiger partial charge in [-0.3, -0.25) is 9.48 Å². The summed E-state index contributed by atoms with van der Waals surface area (Å²) in [6.45, 7) is -0.139. The maximum absolute atomic E-state index is 12.5. The molecule has 0 spiro atoms. The van der Waals surface area contributed by atoms with Crippen LogP contribution in [0.25, 0.3) is 0 Å². The van der Waals surface area contributed by atoms with Crippen LogP contribution in [0.2, 0.25) is 0 Å². The number of fused-ring (bicyclic) bond motifs is 1. The molecule has 0 saturated carbocycles. The molecule has 2 aromatic rings. The van der Waals surface area contributed by atoms with Crippen LogP contribution in [0, 0.1) is 0 Å². The minimum absolute atomic E-state index is 0.0861. The van der Waals surface area contributed by atoms with E-state index in [1.807, 2.05) is 0 Å². The average molecular weight is 336 g/mol. The molecule has 0 aliphatic heterocycles. The lowest BCUT2D eigenvalue weighted by Gasteiger charge is -2.15. The van der Waals surface area contributed by atoms with E-state index < -0.39 is 22.0 Å². The van der Waals surface area contributed by atoms with Gasteiger partial charge >= 0.3 is 5.97 Å². The highest BCUT2D eigenvalue weighted by Crippen LogP contribution is 2.24. The molecule has 0 radical (unpaired) electrons. The largest absolute Gasteiger partial charge is 0.480 e. The van der Waals surface area contributed by atoms with Gasteiger partial charge in [-0.25, -0.2) is 13.4 Å². The van der Waals surface area contributed by atoms with Crippen LogP contribution in [0.5, 0.6) is 0 Å². The number of nitrogens with one attached hydrogen (secondary N) is 1. The summed E-state index contributed by atoms with van der Waals surface area (Å²) < 4.78 is 28.4. The maximum atomic E-state index is 12.5. The number of aryl methyl sites for hydroxylation is 2. The van der Waals surface area contributed by atoms with Gasteiger partial charge in [-0.15, -0.1) is 0 Å². The van der Waals surface area contributed by atoms with Crippen molar-refractivity contribution < 1.29 is 18.3 Å². The Kier molecular flexibility index (Phi) is 4.14. The second kappa shape index (κ2) is 6.09. The first-order chi connectivity index (χ1) is 11.0. The molecule has 0 bridgehead atoms. The van der Waals surface area contributed by atoms with E-state index >= 15 is 0 Å². The molecule has 1 aromatic carbocycles. The molecule has 0 amide bonds. The summed E-state index contributed by atoms with van der Waals surface area (Å²) >= 11 is 0. The van der Waals surface area contributed by atoms with Crippen molar-refractivity contribution >= 4 is 16.0 Å². The maximum Gasteiger partial charge on any atom is 0.323 e. The smallest absolute Gasteiger partial charge is 0.323 e. The molecule has 0 fully saturated rings. The van der Waals surface area contributed by atoms with Gasteiger partial charge < -0.3 is 5.11 Å². The minimum Gasteiger partial charge on any atom is -0.480 e. The molecular formula is C14H16N4O4S. The van der Waals surface area contributed by atoms with E-state index in [-0.39, 0.29) is 11.4 Å². The standard InChI is InChI=1S/C14H16N4O4S/c19-14(20)13(7-18-9-15-8-16-18)17-23(21,22)12-5-4-10-2-1-3-11(10)6-12/h4-6,8-9,13,17H,1-3,7H2,(H,19,20). The molecule has 9 heteroatoms. The van der Waals surface area contributed by atoms with E-state index in [1.165, 1.54) is 23.4 Å². The van der Waals surface area contributed by atoms with Gasteiger partial charge in [0.15, 0.2) is 0 Å². The average Bonchev–Trinajstić information content (AvgIpc) is 3.16. The van der Waals surface area contributed by atoms with Crippen molar-refractivity contribution in [3.63, 3.8) is 0 Å². The van der Waals surface area contributed by atoms with Crippen LogP contribution in [0.4, 0.5) is 0 Å². The Balaban J connectivity index is 1.82. The molecule has 8 nitrogen and oxygen atoms in total. The first kappa shape index (κ1) is 15.6. The zero-order valence-electron chi connectivity index (χ0n) is 12.2. The SMILES string of the molecule is O=C(O)C(Cn1cncn1)NS(=O)(=O)c1ccc2c(c1)CCC2. The minimum atomic E-state index is -3.92. The summed E-state index contributed by atoms with van der Waals surface area (Å²) in [7, 11) is -3.92. The highest BCUT2D eigenvalue weighted by molar-refractivity contribution is 7.89. The third-order valence-corrected chi connectivity index (χ3v) is 5.28. The van der Waals surface area contributed by atoms with Crippen LogP contribution in [0.15, 0.2) is 35.7 Å². The van der Waals surface area contributed by atoms with Crippen LogP contribution in [-0.4, -0.2) is 40.3 Å². The summed E-state index contributed by atoms with van der Waals surface area (Å²) in [4.78, 5) is 15.1. The summed E-state index contributed by atoms with van der Waals surface area (Å²) in [5.74, 6) is -1.27. The Bertz CT molecular complexity index is 817. The number of carbonyl (C=O) groups is 1. The Morgan fingerprint density at radius 3 is 2.83 bits per heavy atom. The van der Waals surface area contributed by atoms with Crippen molar-refractivity contribution in [1.29, 1.82) is 0 Å². The lowest BCUT2D eigenvalue weighted by Crippen LogP contribution is -2.43. The summed E-state index contributed by atoms with van der Waals surface area (Å²) in [5, 5.41) is 13.0. The Labute approximate surface area is 133 Å². The van der Waals surface area contributed by atoms with Crippen molar-refractivity contribution in [2.45, 2.75) is 36.7 Å². The van der Waals surface area contributed by atoms with Crippen LogP contribution in [0.3, 0.4) is 0 Å². The quantitative estimate of drug-likeness (QED) is 0.779. The summed E-state index contributed by atoms with van der Waals surface area (Å²) in [6.07, 6.45) is 5.40. The number of sulfonamides is 1. The molecular weight excluding hydrogens is 320 g/mol. The first-order valence-corrected chi connectivity index (χ1v) is 8.63. The number of carboxylic acids is 1. The van der Waals surface area contributed by atoms with Crippen molar-refractivity contribution in [3.05, 3.63) is 42.0 Å². The van der Waals surface area contributed by atoms with E-state index in [1.54, 1.807) is 12.1 Å². The lowest BCUT2D eigenvalue weighted by atomic mass is 10.1. The number of hydrogen-bond acceptors (Lipinski definition) is 5.